The Bertz CT molecular complexity index is 579. The molecular formula is C18H31N3O2S. The molecular weight excluding hydrogens is 322 g/mol. The first kappa shape index (κ1) is 16.7. The van der Waals surface area contributed by atoms with Crippen molar-refractivity contribution in [3.63, 3.8) is 0 Å². The zero-order valence-electron chi connectivity index (χ0n) is 14.6. The second-order valence-corrected chi connectivity index (χ2v) is 10.6. The van der Waals surface area contributed by atoms with Crippen LogP contribution in [0.1, 0.15) is 51.4 Å². The average Bonchev–Trinajstić information content (AvgIpc) is 2.97. The molecule has 136 valence electrons. The van der Waals surface area contributed by atoms with E-state index in [4.69, 9.17) is 4.99 Å². The lowest BCUT2D eigenvalue weighted by Crippen LogP contribution is -2.44. The van der Waals surface area contributed by atoms with Gasteiger partial charge in [-0.3, -0.25) is 4.99 Å². The van der Waals surface area contributed by atoms with Crippen LogP contribution in [0.15, 0.2) is 4.99 Å². The van der Waals surface area contributed by atoms with Gasteiger partial charge in [-0.05, 0) is 56.3 Å². The summed E-state index contributed by atoms with van der Waals surface area (Å²) in [6, 6.07) is 0.566. The number of nitrogens with one attached hydrogen (secondary N) is 1. The van der Waals surface area contributed by atoms with Crippen molar-refractivity contribution in [2.24, 2.45) is 22.7 Å². The number of guanidine groups is 1. The average molecular weight is 354 g/mol. The molecule has 0 radical (unpaired) electrons. The van der Waals surface area contributed by atoms with E-state index in [0.717, 1.165) is 37.3 Å². The molecule has 2 saturated heterocycles. The second-order valence-electron chi connectivity index (χ2n) is 8.39. The molecule has 2 unspecified atom stereocenters. The van der Waals surface area contributed by atoms with Gasteiger partial charge in [0.2, 0.25) is 0 Å². The van der Waals surface area contributed by atoms with Crippen LogP contribution in [0.5, 0.6) is 0 Å². The van der Waals surface area contributed by atoms with Crippen LogP contribution in [0.3, 0.4) is 0 Å². The predicted octanol–water partition coefficient (Wildman–Crippen LogP) is 2.04. The summed E-state index contributed by atoms with van der Waals surface area (Å²) >= 11 is 0. The minimum absolute atomic E-state index is 0.220. The third-order valence-corrected chi connectivity index (χ3v) is 8.16. The molecule has 0 aromatic carbocycles. The van der Waals surface area contributed by atoms with Gasteiger partial charge in [-0.15, -0.1) is 0 Å². The smallest absolute Gasteiger partial charge is 0.194 e. The van der Waals surface area contributed by atoms with E-state index >= 15 is 0 Å². The van der Waals surface area contributed by atoms with Crippen molar-refractivity contribution in [2.75, 3.05) is 31.1 Å². The largest absolute Gasteiger partial charge is 0.354 e. The van der Waals surface area contributed by atoms with Crippen molar-refractivity contribution >= 4 is 15.8 Å². The number of aliphatic imine (C=N–C) groups is 1. The van der Waals surface area contributed by atoms with E-state index in [1.54, 1.807) is 0 Å². The Kier molecular flexibility index (Phi) is 4.76. The number of hydrogen-bond donors (Lipinski definition) is 1. The quantitative estimate of drug-likeness (QED) is 0.621. The van der Waals surface area contributed by atoms with Crippen molar-refractivity contribution in [3.8, 4) is 0 Å². The van der Waals surface area contributed by atoms with Gasteiger partial charge in [-0.25, -0.2) is 8.42 Å². The summed E-state index contributed by atoms with van der Waals surface area (Å²) in [5.74, 6) is 3.78. The summed E-state index contributed by atoms with van der Waals surface area (Å²) < 4.78 is 23.3. The van der Waals surface area contributed by atoms with Gasteiger partial charge in [0.1, 0.15) is 0 Å². The number of likely N-dealkylation sites (tertiary alicyclic amines) is 1. The first-order valence-electron chi connectivity index (χ1n) is 9.85. The van der Waals surface area contributed by atoms with Crippen LogP contribution in [0.25, 0.3) is 0 Å². The third-order valence-electron chi connectivity index (χ3n) is 6.33. The van der Waals surface area contributed by atoms with Crippen LogP contribution in [-0.2, 0) is 9.84 Å². The number of rotatable bonds is 4. The Morgan fingerprint density at radius 1 is 1.04 bits per heavy atom. The number of sulfone groups is 1. The Labute approximate surface area is 146 Å². The molecule has 0 aromatic heterocycles. The molecule has 0 aromatic rings. The zero-order valence-corrected chi connectivity index (χ0v) is 15.4. The molecule has 4 rings (SSSR count). The van der Waals surface area contributed by atoms with Crippen LogP contribution in [0.4, 0.5) is 0 Å². The maximum atomic E-state index is 11.7. The minimum atomic E-state index is -2.80. The Balaban J connectivity index is 1.40. The van der Waals surface area contributed by atoms with Gasteiger partial charge >= 0.3 is 0 Å². The molecule has 1 N–H and O–H groups in total. The maximum absolute atomic E-state index is 11.7. The molecule has 24 heavy (non-hydrogen) atoms. The van der Waals surface area contributed by atoms with E-state index < -0.39 is 9.84 Å². The monoisotopic (exact) mass is 353 g/mol. The standard InChI is InChI=1S/C18H31N3O2S/c22-24(23)10-8-14(13-24)11-19-18(20-17-3-1-2-4-17)21-9-7-16(12-21)15-5-6-15/h14-17H,1-13H2,(H,19,20). The lowest BCUT2D eigenvalue weighted by atomic mass is 10.0. The normalized spacial score (nSPS) is 34.2. The highest BCUT2D eigenvalue weighted by atomic mass is 32.2. The van der Waals surface area contributed by atoms with Crippen molar-refractivity contribution in [1.29, 1.82) is 0 Å². The first-order chi connectivity index (χ1) is 11.6. The highest BCUT2D eigenvalue weighted by molar-refractivity contribution is 7.91. The molecule has 2 aliphatic heterocycles. The highest BCUT2D eigenvalue weighted by Crippen LogP contribution is 2.41. The zero-order chi connectivity index (χ0) is 16.6. The molecule has 2 atom stereocenters. The molecule has 2 saturated carbocycles. The van der Waals surface area contributed by atoms with Crippen LogP contribution >= 0.6 is 0 Å². The summed E-state index contributed by atoms with van der Waals surface area (Å²) in [6.45, 7) is 2.92. The highest BCUT2D eigenvalue weighted by Gasteiger charge is 2.37. The Morgan fingerprint density at radius 3 is 2.50 bits per heavy atom. The van der Waals surface area contributed by atoms with Crippen LogP contribution in [0.2, 0.25) is 0 Å². The molecule has 4 fully saturated rings. The van der Waals surface area contributed by atoms with Crippen LogP contribution in [-0.4, -0.2) is 56.5 Å². The minimum Gasteiger partial charge on any atom is -0.354 e. The van der Waals surface area contributed by atoms with Gasteiger partial charge in [0.15, 0.2) is 15.8 Å². The number of nitrogens with zero attached hydrogens (tertiary/aromatic N) is 2. The van der Waals surface area contributed by atoms with E-state index in [-0.39, 0.29) is 5.92 Å². The lowest BCUT2D eigenvalue weighted by molar-refractivity contribution is 0.424. The fourth-order valence-electron chi connectivity index (χ4n) is 4.65. The van der Waals surface area contributed by atoms with Gasteiger partial charge in [0.05, 0.1) is 11.5 Å². The van der Waals surface area contributed by atoms with E-state index in [1.807, 2.05) is 0 Å². The molecule has 2 heterocycles. The molecule has 0 bridgehead atoms. The summed E-state index contributed by atoms with van der Waals surface area (Å²) in [6.07, 6.45) is 10.0. The van der Waals surface area contributed by atoms with Gasteiger partial charge in [-0.2, -0.15) is 0 Å². The molecule has 0 spiro atoms. The summed E-state index contributed by atoms with van der Waals surface area (Å²) in [5, 5.41) is 3.71. The van der Waals surface area contributed by atoms with Gasteiger partial charge in [0, 0.05) is 25.7 Å². The predicted molar refractivity (Wildman–Crippen MR) is 96.9 cm³/mol. The summed E-state index contributed by atoms with van der Waals surface area (Å²) in [5.41, 5.74) is 0. The molecule has 5 nitrogen and oxygen atoms in total. The van der Waals surface area contributed by atoms with E-state index in [9.17, 15) is 8.42 Å². The summed E-state index contributed by atoms with van der Waals surface area (Å²) in [4.78, 5) is 7.35. The molecule has 4 aliphatic rings. The van der Waals surface area contributed by atoms with Gasteiger partial charge in [-0.1, -0.05) is 12.8 Å². The van der Waals surface area contributed by atoms with Crippen LogP contribution < -0.4 is 5.32 Å². The van der Waals surface area contributed by atoms with E-state index in [1.165, 1.54) is 44.9 Å². The number of hydrogen-bond acceptors (Lipinski definition) is 3. The Hall–Kier alpha value is -0.780. The fraction of sp³-hybridized carbons (Fsp3) is 0.944. The van der Waals surface area contributed by atoms with Gasteiger partial charge in [0.25, 0.3) is 0 Å². The molecule has 6 heteroatoms. The van der Waals surface area contributed by atoms with Gasteiger partial charge < -0.3 is 10.2 Å². The molecule has 2 aliphatic carbocycles. The third kappa shape index (κ3) is 4.06. The topological polar surface area (TPSA) is 61.8 Å². The van der Waals surface area contributed by atoms with Crippen molar-refractivity contribution in [2.45, 2.75) is 57.4 Å². The fourth-order valence-corrected chi connectivity index (χ4v) is 6.50. The lowest BCUT2D eigenvalue weighted by Gasteiger charge is -2.25. The van der Waals surface area contributed by atoms with Crippen molar-refractivity contribution < 1.29 is 8.42 Å². The van der Waals surface area contributed by atoms with Crippen LogP contribution in [0, 0.1) is 17.8 Å². The second kappa shape index (κ2) is 6.85. The maximum Gasteiger partial charge on any atom is 0.194 e. The summed E-state index contributed by atoms with van der Waals surface area (Å²) in [7, 11) is -2.80. The Morgan fingerprint density at radius 2 is 1.83 bits per heavy atom. The first-order valence-corrected chi connectivity index (χ1v) is 11.7. The van der Waals surface area contributed by atoms with Crippen molar-refractivity contribution in [1.82, 2.24) is 10.2 Å². The molecule has 0 amide bonds. The SMILES string of the molecule is O=S1(=O)CCC(CN=C(NC2CCCC2)N2CCC(C3CC3)C2)C1. The van der Waals surface area contributed by atoms with E-state index in [2.05, 4.69) is 10.2 Å². The van der Waals surface area contributed by atoms with Crippen molar-refractivity contribution in [3.05, 3.63) is 0 Å². The van der Waals surface area contributed by atoms with E-state index in [0.29, 0.717) is 24.1 Å².